The summed E-state index contributed by atoms with van der Waals surface area (Å²) in [6, 6.07) is 8.53. The summed E-state index contributed by atoms with van der Waals surface area (Å²) in [5.74, 6) is -1.66. The molecule has 0 aromatic heterocycles. The molecule has 1 aromatic carbocycles. The number of aliphatic carboxylic acids is 1. The number of ether oxygens (including phenoxy) is 2. The Kier molecular flexibility index (Phi) is 3.62. The number of rotatable bonds is 4. The van der Waals surface area contributed by atoms with E-state index >= 15 is 0 Å². The van der Waals surface area contributed by atoms with Crippen LogP contribution in [-0.4, -0.2) is 58.1 Å². The van der Waals surface area contributed by atoms with Crippen molar-refractivity contribution in [1.82, 2.24) is 4.90 Å². The SMILES string of the molecule is O=C(O)[C@H]1O[C@@H]2O[C@@H]1[C@H](CO)N(Cc1ccccc1)C2=O. The van der Waals surface area contributed by atoms with Gasteiger partial charge >= 0.3 is 5.97 Å². The van der Waals surface area contributed by atoms with Crippen molar-refractivity contribution in [3.05, 3.63) is 35.9 Å². The smallest absolute Gasteiger partial charge is 0.335 e. The third-order valence-electron chi connectivity index (χ3n) is 3.74. The van der Waals surface area contributed by atoms with E-state index in [1.807, 2.05) is 30.3 Å². The molecule has 2 bridgehead atoms. The van der Waals surface area contributed by atoms with Crippen molar-refractivity contribution in [1.29, 1.82) is 0 Å². The van der Waals surface area contributed by atoms with Crippen LogP contribution in [0, 0.1) is 0 Å². The van der Waals surface area contributed by atoms with Gasteiger partial charge in [0.05, 0.1) is 12.6 Å². The van der Waals surface area contributed by atoms with Crippen LogP contribution in [-0.2, 0) is 25.6 Å². The van der Waals surface area contributed by atoms with Crippen LogP contribution in [0.25, 0.3) is 0 Å². The highest BCUT2D eigenvalue weighted by atomic mass is 16.7. The summed E-state index contributed by atoms with van der Waals surface area (Å²) in [5.41, 5.74) is 0.887. The van der Waals surface area contributed by atoms with E-state index in [2.05, 4.69) is 0 Å². The fourth-order valence-electron chi connectivity index (χ4n) is 2.72. The molecule has 0 radical (unpaired) electrons. The first-order valence-corrected chi connectivity index (χ1v) is 6.61. The van der Waals surface area contributed by atoms with Gasteiger partial charge in [0.25, 0.3) is 5.91 Å². The monoisotopic (exact) mass is 293 g/mol. The van der Waals surface area contributed by atoms with Gasteiger partial charge in [-0.15, -0.1) is 0 Å². The van der Waals surface area contributed by atoms with E-state index in [9.17, 15) is 14.7 Å². The number of morpholine rings is 1. The Morgan fingerprint density at radius 2 is 1.95 bits per heavy atom. The molecule has 2 saturated heterocycles. The van der Waals surface area contributed by atoms with E-state index in [0.717, 1.165) is 5.56 Å². The number of hydrogen-bond donors (Lipinski definition) is 2. The molecule has 1 aromatic rings. The number of hydrogen-bond acceptors (Lipinski definition) is 5. The van der Waals surface area contributed by atoms with Gasteiger partial charge in [0.2, 0.25) is 6.29 Å². The number of benzene rings is 1. The Morgan fingerprint density at radius 1 is 1.24 bits per heavy atom. The summed E-state index contributed by atoms with van der Waals surface area (Å²) in [6.45, 7) is -0.111. The largest absolute Gasteiger partial charge is 0.479 e. The Hall–Kier alpha value is -1.96. The zero-order valence-electron chi connectivity index (χ0n) is 11.1. The minimum Gasteiger partial charge on any atom is -0.479 e. The first-order chi connectivity index (χ1) is 10.1. The van der Waals surface area contributed by atoms with Crippen molar-refractivity contribution in [2.24, 2.45) is 0 Å². The minimum atomic E-state index is -1.24. The van der Waals surface area contributed by atoms with Crippen molar-refractivity contribution in [3.63, 3.8) is 0 Å². The van der Waals surface area contributed by atoms with Gasteiger partial charge in [0.15, 0.2) is 6.10 Å². The highest BCUT2D eigenvalue weighted by molar-refractivity contribution is 5.83. The molecule has 0 spiro atoms. The van der Waals surface area contributed by atoms with E-state index in [0.29, 0.717) is 0 Å². The molecule has 2 fully saturated rings. The highest BCUT2D eigenvalue weighted by Gasteiger charge is 2.55. The van der Waals surface area contributed by atoms with E-state index in [-0.39, 0.29) is 13.2 Å². The molecule has 4 atom stereocenters. The lowest BCUT2D eigenvalue weighted by Crippen LogP contribution is -2.57. The molecular formula is C14H15NO6. The van der Waals surface area contributed by atoms with Crippen molar-refractivity contribution in [3.8, 4) is 0 Å². The standard InChI is InChI=1S/C14H15NO6/c16-7-9-10-11(13(18)19)21-14(20-10)12(17)15(9)6-8-4-2-1-3-5-8/h1-5,9-11,14,16H,6-7H2,(H,18,19)/t9-,10+,11-,14-/m0/s1. The Bertz CT molecular complexity index is 548. The van der Waals surface area contributed by atoms with Crippen LogP contribution in [0.15, 0.2) is 30.3 Å². The Balaban J connectivity index is 1.86. The molecule has 3 rings (SSSR count). The van der Waals surface area contributed by atoms with Gasteiger partial charge in [-0.2, -0.15) is 0 Å². The Labute approximate surface area is 120 Å². The van der Waals surface area contributed by atoms with Crippen molar-refractivity contribution < 1.29 is 29.3 Å². The molecule has 2 N–H and O–H groups in total. The summed E-state index contributed by atoms with van der Waals surface area (Å²) < 4.78 is 10.4. The first kappa shape index (κ1) is 14.0. The zero-order chi connectivity index (χ0) is 15.0. The second-order valence-electron chi connectivity index (χ2n) is 5.03. The van der Waals surface area contributed by atoms with E-state index < -0.39 is 36.4 Å². The lowest BCUT2D eigenvalue weighted by atomic mass is 10.0. The maximum Gasteiger partial charge on any atom is 0.335 e. The predicted molar refractivity (Wildman–Crippen MR) is 69.0 cm³/mol. The quantitative estimate of drug-likeness (QED) is 0.783. The van der Waals surface area contributed by atoms with Crippen LogP contribution in [0.2, 0.25) is 0 Å². The van der Waals surface area contributed by atoms with Crippen LogP contribution in [0.1, 0.15) is 5.56 Å². The predicted octanol–water partition coefficient (Wildman–Crippen LogP) is -0.416. The van der Waals surface area contributed by atoms with E-state index in [4.69, 9.17) is 14.6 Å². The number of fused-ring (bicyclic) bond motifs is 2. The number of nitrogens with zero attached hydrogens (tertiary/aromatic N) is 1. The van der Waals surface area contributed by atoms with Gasteiger partial charge in [-0.05, 0) is 5.56 Å². The number of aliphatic hydroxyl groups excluding tert-OH is 1. The summed E-state index contributed by atoms with van der Waals surface area (Å²) in [4.78, 5) is 24.9. The van der Waals surface area contributed by atoms with Crippen LogP contribution in [0.5, 0.6) is 0 Å². The molecule has 7 heteroatoms. The van der Waals surface area contributed by atoms with Crippen molar-refractivity contribution in [2.75, 3.05) is 6.61 Å². The fourth-order valence-corrected chi connectivity index (χ4v) is 2.72. The van der Waals surface area contributed by atoms with Crippen LogP contribution >= 0.6 is 0 Å². The number of carboxylic acids is 1. The van der Waals surface area contributed by atoms with Crippen LogP contribution < -0.4 is 0 Å². The summed E-state index contributed by atoms with van der Waals surface area (Å²) in [7, 11) is 0. The summed E-state index contributed by atoms with van der Waals surface area (Å²) >= 11 is 0. The average molecular weight is 293 g/mol. The van der Waals surface area contributed by atoms with Gasteiger partial charge in [-0.1, -0.05) is 30.3 Å². The molecule has 0 unspecified atom stereocenters. The summed E-state index contributed by atoms with van der Waals surface area (Å²) in [6.07, 6.45) is -3.31. The number of carboxylic acid groups (broad SMARTS) is 1. The fraction of sp³-hybridized carbons (Fsp3) is 0.429. The van der Waals surface area contributed by atoms with Gasteiger partial charge < -0.3 is 24.6 Å². The van der Waals surface area contributed by atoms with Crippen molar-refractivity contribution >= 4 is 11.9 Å². The van der Waals surface area contributed by atoms with Gasteiger partial charge in [-0.3, -0.25) is 4.79 Å². The van der Waals surface area contributed by atoms with Gasteiger partial charge in [-0.25, -0.2) is 4.79 Å². The third kappa shape index (κ3) is 2.39. The number of aliphatic hydroxyl groups is 1. The lowest BCUT2D eigenvalue weighted by molar-refractivity contribution is -0.181. The summed E-state index contributed by atoms with van der Waals surface area (Å²) in [5, 5.41) is 18.7. The van der Waals surface area contributed by atoms with Crippen molar-refractivity contribution in [2.45, 2.75) is 31.1 Å². The maximum atomic E-state index is 12.3. The molecule has 0 saturated carbocycles. The molecule has 112 valence electrons. The highest BCUT2D eigenvalue weighted by Crippen LogP contribution is 2.32. The number of amides is 1. The lowest BCUT2D eigenvalue weighted by Gasteiger charge is -2.37. The molecule has 7 nitrogen and oxygen atoms in total. The van der Waals surface area contributed by atoms with E-state index in [1.54, 1.807) is 0 Å². The first-order valence-electron chi connectivity index (χ1n) is 6.61. The molecular weight excluding hydrogens is 278 g/mol. The molecule has 21 heavy (non-hydrogen) atoms. The van der Waals surface area contributed by atoms with Gasteiger partial charge in [0, 0.05) is 6.54 Å². The van der Waals surface area contributed by atoms with Gasteiger partial charge in [0.1, 0.15) is 6.10 Å². The maximum absolute atomic E-state index is 12.3. The Morgan fingerprint density at radius 3 is 2.57 bits per heavy atom. The molecule has 2 aliphatic heterocycles. The topological polar surface area (TPSA) is 96.3 Å². The number of carbonyl (C=O) groups excluding carboxylic acids is 1. The van der Waals surface area contributed by atoms with Crippen LogP contribution in [0.4, 0.5) is 0 Å². The molecule has 2 heterocycles. The average Bonchev–Trinajstić information content (AvgIpc) is 2.88. The van der Waals surface area contributed by atoms with E-state index in [1.165, 1.54) is 4.90 Å². The number of carbonyl (C=O) groups is 2. The second kappa shape index (κ2) is 5.44. The molecule has 1 amide bonds. The zero-order valence-corrected chi connectivity index (χ0v) is 11.1. The van der Waals surface area contributed by atoms with Crippen LogP contribution in [0.3, 0.4) is 0 Å². The third-order valence-corrected chi connectivity index (χ3v) is 3.74. The normalized spacial score (nSPS) is 31.5. The second-order valence-corrected chi connectivity index (χ2v) is 5.03. The molecule has 0 aliphatic carbocycles. The minimum absolute atomic E-state index is 0.275. The molecule has 2 aliphatic rings.